The Morgan fingerprint density at radius 1 is 1.36 bits per heavy atom. The van der Waals surface area contributed by atoms with Gasteiger partial charge in [-0.15, -0.1) is 0 Å². The van der Waals surface area contributed by atoms with E-state index in [9.17, 15) is 14.0 Å². The molecule has 1 saturated carbocycles. The van der Waals surface area contributed by atoms with Crippen LogP contribution in [-0.4, -0.2) is 23.8 Å². The molecule has 0 heterocycles. The van der Waals surface area contributed by atoms with E-state index in [4.69, 9.17) is 15.2 Å². The molecule has 2 atom stereocenters. The van der Waals surface area contributed by atoms with Gasteiger partial charge in [0.1, 0.15) is 17.2 Å². The van der Waals surface area contributed by atoms with Crippen molar-refractivity contribution in [2.24, 2.45) is 5.73 Å². The van der Waals surface area contributed by atoms with Gasteiger partial charge in [0.15, 0.2) is 0 Å². The molecular formula is C15H19FN2O4. The fourth-order valence-electron chi connectivity index (χ4n) is 2.17. The van der Waals surface area contributed by atoms with E-state index in [-0.39, 0.29) is 17.7 Å². The molecule has 1 fully saturated rings. The van der Waals surface area contributed by atoms with Crippen LogP contribution in [0.25, 0.3) is 0 Å². The number of carbonyl (C=O) groups excluding carboxylic acids is 2. The Bertz CT molecular complexity index is 598. The molecule has 2 amide bonds. The minimum atomic E-state index is -1.01. The van der Waals surface area contributed by atoms with Crippen LogP contribution in [0, 0.1) is 5.82 Å². The molecule has 2 rings (SSSR count). The van der Waals surface area contributed by atoms with Crippen molar-refractivity contribution in [3.63, 3.8) is 0 Å². The van der Waals surface area contributed by atoms with E-state index in [0.29, 0.717) is 12.0 Å². The van der Waals surface area contributed by atoms with Crippen LogP contribution in [0.3, 0.4) is 0 Å². The Morgan fingerprint density at radius 3 is 2.64 bits per heavy atom. The van der Waals surface area contributed by atoms with E-state index in [0.717, 1.165) is 6.07 Å². The van der Waals surface area contributed by atoms with Gasteiger partial charge in [-0.25, -0.2) is 14.0 Å². The van der Waals surface area contributed by atoms with Gasteiger partial charge in [0.25, 0.3) is 0 Å². The third-order valence-electron chi connectivity index (χ3n) is 3.08. The number of nitrogens with two attached hydrogens (primary N) is 1. The Kier molecular flexibility index (Phi) is 4.25. The molecule has 1 aliphatic carbocycles. The zero-order chi connectivity index (χ0) is 16.5. The van der Waals surface area contributed by atoms with Gasteiger partial charge in [0, 0.05) is 23.6 Å². The zero-order valence-electron chi connectivity index (χ0n) is 12.7. The normalized spacial score (nSPS) is 20.2. The van der Waals surface area contributed by atoms with E-state index in [1.807, 2.05) is 0 Å². The van der Waals surface area contributed by atoms with Crippen molar-refractivity contribution in [1.82, 2.24) is 5.32 Å². The molecule has 0 unspecified atom stereocenters. The summed E-state index contributed by atoms with van der Waals surface area (Å²) in [4.78, 5) is 22.6. The highest BCUT2D eigenvalue weighted by Gasteiger charge is 2.42. The number of carbonyl (C=O) groups is 2. The summed E-state index contributed by atoms with van der Waals surface area (Å²) in [5.41, 5.74) is 5.02. The lowest BCUT2D eigenvalue weighted by atomic mass is 10.1. The van der Waals surface area contributed by atoms with Crippen LogP contribution in [0.4, 0.5) is 14.0 Å². The van der Waals surface area contributed by atoms with Crippen molar-refractivity contribution in [3.8, 4) is 5.75 Å². The molecule has 0 spiro atoms. The fourth-order valence-corrected chi connectivity index (χ4v) is 2.17. The number of rotatable bonds is 3. The van der Waals surface area contributed by atoms with Crippen LogP contribution in [0.2, 0.25) is 0 Å². The second-order valence-corrected chi connectivity index (χ2v) is 6.20. The number of ether oxygens (including phenoxy) is 2. The lowest BCUT2D eigenvalue weighted by molar-refractivity contribution is 0.0522. The Hall–Kier alpha value is -2.31. The van der Waals surface area contributed by atoms with Crippen LogP contribution in [0.5, 0.6) is 5.75 Å². The number of amides is 2. The first-order valence-electron chi connectivity index (χ1n) is 6.92. The van der Waals surface area contributed by atoms with Crippen molar-refractivity contribution in [2.45, 2.75) is 44.8 Å². The Morgan fingerprint density at radius 2 is 2.05 bits per heavy atom. The molecule has 1 aromatic carbocycles. The Labute approximate surface area is 127 Å². The highest BCUT2D eigenvalue weighted by atomic mass is 19.1. The largest absolute Gasteiger partial charge is 0.444 e. The molecule has 22 heavy (non-hydrogen) atoms. The topological polar surface area (TPSA) is 90.7 Å². The van der Waals surface area contributed by atoms with Crippen molar-refractivity contribution in [1.29, 1.82) is 0 Å². The van der Waals surface area contributed by atoms with Crippen LogP contribution in [0.15, 0.2) is 18.2 Å². The molecule has 1 aromatic rings. The maximum absolute atomic E-state index is 13.3. The van der Waals surface area contributed by atoms with Gasteiger partial charge in [-0.05, 0) is 33.3 Å². The fraction of sp³-hybridized carbons (Fsp3) is 0.467. The van der Waals surface area contributed by atoms with Crippen LogP contribution >= 0.6 is 0 Å². The molecule has 120 valence electrons. The molecule has 3 N–H and O–H groups in total. The SMILES string of the molecule is CC(C)(C)OC(=O)N[C@@H]1C[C@H]1c1ccc(F)cc1OC(N)=O. The summed E-state index contributed by atoms with van der Waals surface area (Å²) in [6.07, 6.45) is -0.872. The van der Waals surface area contributed by atoms with Crippen molar-refractivity contribution in [3.05, 3.63) is 29.6 Å². The minimum absolute atomic E-state index is 0.0672. The molecule has 0 bridgehead atoms. The average Bonchev–Trinajstić information content (AvgIpc) is 3.04. The van der Waals surface area contributed by atoms with Gasteiger partial charge in [-0.3, -0.25) is 0 Å². The number of alkyl carbamates (subject to hydrolysis) is 1. The van der Waals surface area contributed by atoms with Gasteiger partial charge < -0.3 is 20.5 Å². The summed E-state index contributed by atoms with van der Waals surface area (Å²) < 4.78 is 23.2. The summed E-state index contributed by atoms with van der Waals surface area (Å²) in [5.74, 6) is -0.522. The first-order valence-corrected chi connectivity index (χ1v) is 6.92. The highest BCUT2D eigenvalue weighted by molar-refractivity contribution is 5.70. The van der Waals surface area contributed by atoms with Gasteiger partial charge >= 0.3 is 12.2 Å². The number of benzene rings is 1. The van der Waals surface area contributed by atoms with E-state index >= 15 is 0 Å². The quantitative estimate of drug-likeness (QED) is 0.898. The molecule has 1 aliphatic rings. The monoisotopic (exact) mass is 310 g/mol. The second-order valence-electron chi connectivity index (χ2n) is 6.20. The number of primary amides is 1. The van der Waals surface area contributed by atoms with Crippen LogP contribution in [0.1, 0.15) is 38.7 Å². The standard InChI is InChI=1S/C15H19FN2O4/c1-15(2,3)22-14(20)18-11-7-10(11)9-5-4-8(16)6-12(9)21-13(17)19/h4-6,10-11H,7H2,1-3H3,(H2,17,19)(H,18,20)/t10-,11+/m0/s1. The molecule has 7 heteroatoms. The first-order chi connectivity index (χ1) is 10.2. The summed E-state index contributed by atoms with van der Waals surface area (Å²) >= 11 is 0. The summed E-state index contributed by atoms with van der Waals surface area (Å²) in [5, 5.41) is 2.73. The summed E-state index contributed by atoms with van der Waals surface area (Å²) in [6, 6.07) is 3.75. The third-order valence-corrected chi connectivity index (χ3v) is 3.08. The number of hydrogen-bond donors (Lipinski definition) is 2. The van der Waals surface area contributed by atoms with Gasteiger partial charge in [0.2, 0.25) is 0 Å². The molecule has 6 nitrogen and oxygen atoms in total. The van der Waals surface area contributed by atoms with E-state index in [2.05, 4.69) is 5.32 Å². The predicted molar refractivity (Wildman–Crippen MR) is 77.1 cm³/mol. The van der Waals surface area contributed by atoms with E-state index in [1.54, 1.807) is 20.8 Å². The Balaban J connectivity index is 2.03. The summed E-state index contributed by atoms with van der Waals surface area (Å²) in [7, 11) is 0. The number of hydrogen-bond acceptors (Lipinski definition) is 4. The third kappa shape index (κ3) is 4.34. The van der Waals surface area contributed by atoms with Gasteiger partial charge in [-0.1, -0.05) is 6.07 Å². The molecule has 0 aromatic heterocycles. The maximum Gasteiger partial charge on any atom is 0.409 e. The molecule has 0 saturated heterocycles. The molecular weight excluding hydrogens is 291 g/mol. The minimum Gasteiger partial charge on any atom is -0.444 e. The smallest absolute Gasteiger partial charge is 0.409 e. The van der Waals surface area contributed by atoms with Crippen LogP contribution in [-0.2, 0) is 4.74 Å². The maximum atomic E-state index is 13.3. The lowest BCUT2D eigenvalue weighted by Crippen LogP contribution is -2.34. The van der Waals surface area contributed by atoms with Gasteiger partial charge in [0.05, 0.1) is 0 Å². The van der Waals surface area contributed by atoms with Crippen molar-refractivity contribution >= 4 is 12.2 Å². The summed E-state index contributed by atoms with van der Waals surface area (Å²) in [6.45, 7) is 5.32. The van der Waals surface area contributed by atoms with Crippen LogP contribution < -0.4 is 15.8 Å². The van der Waals surface area contributed by atoms with E-state index in [1.165, 1.54) is 12.1 Å². The zero-order valence-corrected chi connectivity index (χ0v) is 12.7. The molecule has 0 radical (unpaired) electrons. The molecule has 0 aliphatic heterocycles. The van der Waals surface area contributed by atoms with E-state index < -0.39 is 23.6 Å². The number of nitrogens with one attached hydrogen (secondary N) is 1. The predicted octanol–water partition coefficient (Wildman–Crippen LogP) is 2.66. The lowest BCUT2D eigenvalue weighted by Gasteiger charge is -2.19. The number of halogens is 1. The second kappa shape index (κ2) is 5.82. The first kappa shape index (κ1) is 16.1. The van der Waals surface area contributed by atoms with Gasteiger partial charge in [-0.2, -0.15) is 0 Å². The average molecular weight is 310 g/mol. The van der Waals surface area contributed by atoms with Crippen molar-refractivity contribution < 1.29 is 23.5 Å². The van der Waals surface area contributed by atoms with Crippen molar-refractivity contribution in [2.75, 3.05) is 0 Å². The highest BCUT2D eigenvalue weighted by Crippen LogP contribution is 2.45.